The van der Waals surface area contributed by atoms with Crippen LogP contribution in [0.3, 0.4) is 0 Å². The molecule has 1 aromatic carbocycles. The van der Waals surface area contributed by atoms with E-state index in [4.69, 9.17) is 4.74 Å². The molecule has 5 atom stereocenters. The molecule has 6 rings (SSSR count). The monoisotopic (exact) mass is 308 g/mol. The summed E-state index contributed by atoms with van der Waals surface area (Å²) in [6.07, 6.45) is 4.75. The Hall–Kier alpha value is -1.58. The summed E-state index contributed by atoms with van der Waals surface area (Å²) in [5, 5.41) is 1.43. The molecule has 0 saturated carbocycles. The summed E-state index contributed by atoms with van der Waals surface area (Å²) in [5.41, 5.74) is 5.98. The average Bonchev–Trinajstić information content (AvgIpc) is 2.96. The number of piperidine rings is 3. The van der Waals surface area contributed by atoms with Crippen LogP contribution < -0.4 is 0 Å². The van der Waals surface area contributed by atoms with Crippen LogP contribution in [-0.2, 0) is 11.2 Å². The van der Waals surface area contributed by atoms with Gasteiger partial charge in [-0.3, -0.25) is 4.90 Å². The maximum absolute atomic E-state index is 5.61. The Balaban J connectivity index is 1.65. The first-order valence-corrected chi connectivity index (χ1v) is 8.81. The topological polar surface area (TPSA) is 28.3 Å². The summed E-state index contributed by atoms with van der Waals surface area (Å²) < 4.78 is 5.61. The molecule has 5 heterocycles. The molecule has 4 aliphatic rings. The number of H-pyrrole nitrogens is 1. The molecule has 3 nitrogen and oxygen atoms in total. The van der Waals surface area contributed by atoms with Gasteiger partial charge in [0.05, 0.1) is 12.6 Å². The third-order valence-corrected chi connectivity index (χ3v) is 6.48. The van der Waals surface area contributed by atoms with Gasteiger partial charge < -0.3 is 9.72 Å². The van der Waals surface area contributed by atoms with Crippen molar-refractivity contribution in [1.82, 2.24) is 9.88 Å². The molecule has 3 heteroatoms. The van der Waals surface area contributed by atoms with Gasteiger partial charge in [0.15, 0.2) is 0 Å². The van der Waals surface area contributed by atoms with E-state index in [-0.39, 0.29) is 0 Å². The summed E-state index contributed by atoms with van der Waals surface area (Å²) in [5.74, 6) is 1.33. The molecule has 0 radical (unpaired) electrons. The number of methoxy groups -OCH3 is 1. The van der Waals surface area contributed by atoms with Crippen molar-refractivity contribution in [3.63, 3.8) is 0 Å². The van der Waals surface area contributed by atoms with E-state index in [2.05, 4.69) is 47.1 Å². The number of aromatic nitrogens is 1. The number of hydrogen-bond acceptors (Lipinski definition) is 2. The number of nitrogens with zero attached hydrogens (tertiary/aromatic N) is 1. The highest BCUT2D eigenvalue weighted by molar-refractivity contribution is 5.85. The molecule has 3 saturated heterocycles. The highest BCUT2D eigenvalue weighted by Crippen LogP contribution is 2.54. The Morgan fingerprint density at radius 3 is 3.04 bits per heavy atom. The maximum atomic E-state index is 5.61. The minimum absolute atomic E-state index is 0.568. The smallest absolute Gasteiger partial charge is 0.0514 e. The number of ether oxygens (including phenoxy) is 1. The molecule has 3 fully saturated rings. The predicted octanol–water partition coefficient (Wildman–Crippen LogP) is 3.68. The highest BCUT2D eigenvalue weighted by Gasteiger charge is 2.52. The average molecular weight is 308 g/mol. The first kappa shape index (κ1) is 13.8. The molecular formula is C20H24N2O. The second-order valence-corrected chi connectivity index (χ2v) is 7.35. The third kappa shape index (κ3) is 1.78. The Kier molecular flexibility index (Phi) is 2.98. The zero-order valence-corrected chi connectivity index (χ0v) is 13.9. The highest BCUT2D eigenvalue weighted by atomic mass is 16.5. The van der Waals surface area contributed by atoms with Crippen molar-refractivity contribution in [1.29, 1.82) is 0 Å². The molecule has 0 spiro atoms. The van der Waals surface area contributed by atoms with Crippen molar-refractivity contribution in [3.05, 3.63) is 47.2 Å². The summed E-state index contributed by atoms with van der Waals surface area (Å²) in [7, 11) is 1.85. The Morgan fingerprint density at radius 2 is 2.22 bits per heavy atom. The van der Waals surface area contributed by atoms with Crippen molar-refractivity contribution in [2.75, 3.05) is 20.3 Å². The summed E-state index contributed by atoms with van der Waals surface area (Å²) in [6.45, 7) is 4.23. The van der Waals surface area contributed by atoms with E-state index in [9.17, 15) is 0 Å². The van der Waals surface area contributed by atoms with Gasteiger partial charge in [-0.15, -0.1) is 0 Å². The van der Waals surface area contributed by atoms with Gasteiger partial charge in [-0.2, -0.15) is 0 Å². The predicted molar refractivity (Wildman–Crippen MR) is 92.5 cm³/mol. The molecule has 23 heavy (non-hydrogen) atoms. The molecule has 0 amide bonds. The lowest BCUT2D eigenvalue weighted by molar-refractivity contribution is -0.0572. The third-order valence-electron chi connectivity index (χ3n) is 6.48. The summed E-state index contributed by atoms with van der Waals surface area (Å²) in [4.78, 5) is 6.49. The van der Waals surface area contributed by atoms with Gasteiger partial charge in [0.1, 0.15) is 0 Å². The van der Waals surface area contributed by atoms with E-state index in [1.165, 1.54) is 23.0 Å². The van der Waals surface area contributed by atoms with Crippen LogP contribution in [0.15, 0.2) is 35.9 Å². The molecule has 4 aliphatic heterocycles. The van der Waals surface area contributed by atoms with Crippen LogP contribution in [0.5, 0.6) is 0 Å². The summed E-state index contributed by atoms with van der Waals surface area (Å²) >= 11 is 0. The largest absolute Gasteiger partial charge is 0.384 e. The molecule has 1 aromatic heterocycles. The van der Waals surface area contributed by atoms with Crippen LogP contribution in [0.4, 0.5) is 0 Å². The lowest BCUT2D eigenvalue weighted by Crippen LogP contribution is -2.61. The molecular weight excluding hydrogens is 284 g/mol. The number of benzene rings is 1. The zero-order valence-electron chi connectivity index (χ0n) is 13.9. The SMILES string of the molecule is CC=C1CN2[C@H]3C[C@@H]1[C@@H](COC)[C@@H]2Cc1c3[nH]c2ccccc12. The molecule has 2 aromatic rings. The number of nitrogens with one attached hydrogen (secondary N) is 1. The van der Waals surface area contributed by atoms with Crippen molar-refractivity contribution < 1.29 is 4.74 Å². The molecule has 4 bridgehead atoms. The van der Waals surface area contributed by atoms with Gasteiger partial charge in [0.2, 0.25) is 0 Å². The number of fused-ring (bicyclic) bond motifs is 4. The minimum atomic E-state index is 0.568. The van der Waals surface area contributed by atoms with Gasteiger partial charge in [-0.05, 0) is 37.3 Å². The van der Waals surface area contributed by atoms with Crippen LogP contribution in [0.2, 0.25) is 0 Å². The fourth-order valence-electron chi connectivity index (χ4n) is 5.49. The number of aromatic amines is 1. The van der Waals surface area contributed by atoms with E-state index in [0.717, 1.165) is 19.6 Å². The van der Waals surface area contributed by atoms with Gasteiger partial charge >= 0.3 is 0 Å². The van der Waals surface area contributed by atoms with Crippen LogP contribution in [0.1, 0.15) is 30.6 Å². The Labute approximate surface area is 137 Å². The van der Waals surface area contributed by atoms with E-state index in [1.54, 1.807) is 11.1 Å². The second-order valence-electron chi connectivity index (χ2n) is 7.35. The van der Waals surface area contributed by atoms with Gasteiger partial charge in [-0.1, -0.05) is 29.8 Å². The maximum Gasteiger partial charge on any atom is 0.0514 e. The Morgan fingerprint density at radius 1 is 1.35 bits per heavy atom. The van der Waals surface area contributed by atoms with Crippen LogP contribution in [-0.4, -0.2) is 36.2 Å². The van der Waals surface area contributed by atoms with Gasteiger partial charge in [0, 0.05) is 42.2 Å². The number of rotatable bonds is 2. The van der Waals surface area contributed by atoms with E-state index in [0.29, 0.717) is 23.9 Å². The van der Waals surface area contributed by atoms with Crippen molar-refractivity contribution in [2.24, 2.45) is 11.8 Å². The van der Waals surface area contributed by atoms with Crippen LogP contribution in [0, 0.1) is 11.8 Å². The standard InChI is InChI=1S/C20H24N2O/c1-3-12-10-22-18-9-15-13-6-4-5-7-17(13)21-20(15)19(22)8-14(12)16(18)11-23-2/h3-7,14,16,18-19,21H,8-11H2,1-2H3/t14-,16+,18-,19-/m0/s1. The summed E-state index contributed by atoms with van der Waals surface area (Å²) in [6, 6.07) is 10.00. The lowest BCUT2D eigenvalue weighted by Gasteiger charge is -2.58. The van der Waals surface area contributed by atoms with Crippen LogP contribution in [0.25, 0.3) is 10.9 Å². The normalized spacial score (nSPS) is 36.6. The van der Waals surface area contributed by atoms with Crippen molar-refractivity contribution >= 4 is 10.9 Å². The first-order chi connectivity index (χ1) is 11.3. The first-order valence-electron chi connectivity index (χ1n) is 8.81. The van der Waals surface area contributed by atoms with E-state index in [1.807, 2.05) is 7.11 Å². The lowest BCUT2D eigenvalue weighted by atomic mass is 9.64. The molecule has 1 unspecified atom stereocenters. The number of para-hydroxylation sites is 1. The van der Waals surface area contributed by atoms with Crippen molar-refractivity contribution in [3.8, 4) is 0 Å². The van der Waals surface area contributed by atoms with Gasteiger partial charge in [0.25, 0.3) is 0 Å². The van der Waals surface area contributed by atoms with Gasteiger partial charge in [-0.25, -0.2) is 0 Å². The number of allylic oxidation sites excluding steroid dienone is 1. The fourth-order valence-corrected chi connectivity index (χ4v) is 5.49. The Bertz CT molecular complexity index is 790. The molecule has 1 N–H and O–H groups in total. The van der Waals surface area contributed by atoms with E-state index >= 15 is 0 Å². The zero-order chi connectivity index (χ0) is 15.6. The van der Waals surface area contributed by atoms with Crippen LogP contribution >= 0.6 is 0 Å². The second kappa shape index (κ2) is 4.96. The van der Waals surface area contributed by atoms with E-state index < -0.39 is 0 Å². The fraction of sp³-hybridized carbons (Fsp3) is 0.500. The quantitative estimate of drug-likeness (QED) is 0.857. The number of hydrogen-bond donors (Lipinski definition) is 1. The molecule has 120 valence electrons. The molecule has 0 aliphatic carbocycles. The minimum Gasteiger partial charge on any atom is -0.384 e. The van der Waals surface area contributed by atoms with Crippen molar-refractivity contribution in [2.45, 2.75) is 31.8 Å².